The Labute approximate surface area is 342 Å². The Kier molecular flexibility index (Phi) is 11.2. The molecule has 3 amide bonds. The quantitative estimate of drug-likeness (QED) is 0.146. The number of fused-ring (bicyclic) bond motifs is 1. The summed E-state index contributed by atoms with van der Waals surface area (Å²) in [6, 6.07) is 12.4. The molecule has 11 nitrogen and oxygen atoms in total. The predicted octanol–water partition coefficient (Wildman–Crippen LogP) is 8.28. The zero-order chi connectivity index (χ0) is 40.6. The number of hydrogen-bond donors (Lipinski definition) is 3. The zero-order valence-corrected chi connectivity index (χ0v) is 34.6. The number of carbonyl (C=O) groups is 3. The molecule has 0 bridgehead atoms. The van der Waals surface area contributed by atoms with E-state index in [0.29, 0.717) is 35.8 Å². The van der Waals surface area contributed by atoms with Gasteiger partial charge in [-0.15, -0.1) is 0 Å². The number of aromatic nitrogens is 4. The van der Waals surface area contributed by atoms with Crippen LogP contribution in [0.5, 0.6) is 0 Å². The van der Waals surface area contributed by atoms with Crippen LogP contribution in [0.2, 0.25) is 0 Å². The summed E-state index contributed by atoms with van der Waals surface area (Å²) >= 11 is 0. The molecule has 4 heterocycles. The molecule has 2 aromatic heterocycles. The molecule has 58 heavy (non-hydrogen) atoms. The first-order valence-electron chi connectivity index (χ1n) is 21.3. The van der Waals surface area contributed by atoms with E-state index in [0.717, 1.165) is 67.7 Å². The summed E-state index contributed by atoms with van der Waals surface area (Å²) < 4.78 is 4.79. The lowest BCUT2D eigenvalue weighted by molar-refractivity contribution is -0.135. The van der Waals surface area contributed by atoms with E-state index in [4.69, 9.17) is 14.7 Å². The Bertz CT molecular complexity index is 2220. The summed E-state index contributed by atoms with van der Waals surface area (Å²) in [5.74, 6) is 8.81. The standard InChI is InChI=1S/C47H57N7O4/c1-29(2)24-41(55)53-22-8-10-39(53)44-49-28-38(51-44)33-14-12-31(13-15-33)35-19-17-32(36-25-47(26-37(35)36)20-6-7-21-47)16-18-34-27-48-43(50-34)40-11-9-23-54(40)45(56)42(30(3)4)52-46(57)58-5/h12-15,17,19,27-30,39-40,42H,6-11,20-26H2,1-5H3,(H,48,50)(H,49,51)(H,52,57). The van der Waals surface area contributed by atoms with Gasteiger partial charge >= 0.3 is 6.09 Å². The third kappa shape index (κ3) is 7.90. The second-order valence-corrected chi connectivity index (χ2v) is 17.8. The van der Waals surface area contributed by atoms with Crippen LogP contribution in [-0.2, 0) is 27.2 Å². The van der Waals surface area contributed by atoms with Crippen molar-refractivity contribution in [3.8, 4) is 34.2 Å². The molecule has 4 aliphatic rings. The lowest BCUT2D eigenvalue weighted by atomic mass is 9.83. The summed E-state index contributed by atoms with van der Waals surface area (Å²) in [6.07, 6.45) is 14.4. The van der Waals surface area contributed by atoms with Gasteiger partial charge in [-0.25, -0.2) is 14.8 Å². The largest absolute Gasteiger partial charge is 0.453 e. The lowest BCUT2D eigenvalue weighted by Crippen LogP contribution is -2.51. The summed E-state index contributed by atoms with van der Waals surface area (Å²) in [5, 5.41) is 2.72. The number of H-pyrrole nitrogens is 2. The number of imidazole rings is 2. The maximum absolute atomic E-state index is 13.6. The summed E-state index contributed by atoms with van der Waals surface area (Å²) in [7, 11) is 1.30. The molecule has 2 aliphatic heterocycles. The highest BCUT2D eigenvalue weighted by Crippen LogP contribution is 2.51. The van der Waals surface area contributed by atoms with Gasteiger partial charge in [-0.3, -0.25) is 9.59 Å². The van der Waals surface area contributed by atoms with Crippen molar-refractivity contribution in [2.45, 2.75) is 116 Å². The van der Waals surface area contributed by atoms with Crippen molar-refractivity contribution in [3.05, 3.63) is 82.8 Å². The molecule has 3 atom stereocenters. The maximum atomic E-state index is 13.6. The highest BCUT2D eigenvalue weighted by molar-refractivity contribution is 5.86. The molecule has 4 aromatic rings. The highest BCUT2D eigenvalue weighted by atomic mass is 16.5. The van der Waals surface area contributed by atoms with Gasteiger partial charge in [-0.05, 0) is 108 Å². The SMILES string of the molecule is COC(=O)NC(C(=O)N1CCCC1c1ncc(C#Cc2ccc(-c3ccc(-c4cnc(C5CCCN5C(=O)CC(C)C)[nH]4)cc3)c3c2CC2(CCCC2)C3)[nH]1)C(C)C. The molecule has 2 aromatic carbocycles. The first-order valence-corrected chi connectivity index (χ1v) is 21.3. The number of carbonyl (C=O) groups excluding carboxylic acids is 3. The number of aromatic amines is 2. The van der Waals surface area contributed by atoms with Gasteiger partial charge < -0.3 is 29.8 Å². The minimum absolute atomic E-state index is 0.0101. The molecule has 11 heteroatoms. The molecule has 3 N–H and O–H groups in total. The van der Waals surface area contributed by atoms with E-state index >= 15 is 0 Å². The van der Waals surface area contributed by atoms with Gasteiger partial charge in [0.05, 0.1) is 37.3 Å². The van der Waals surface area contributed by atoms with Crippen molar-refractivity contribution in [1.29, 1.82) is 0 Å². The van der Waals surface area contributed by atoms with Crippen LogP contribution >= 0.6 is 0 Å². The molecule has 2 aliphatic carbocycles. The molecular weight excluding hydrogens is 727 g/mol. The number of benzene rings is 2. The first kappa shape index (κ1) is 39.5. The van der Waals surface area contributed by atoms with Gasteiger partial charge in [0, 0.05) is 25.1 Å². The average Bonchev–Trinajstić information content (AvgIpc) is 4.07. The molecule has 3 fully saturated rings. The third-order valence-electron chi connectivity index (χ3n) is 12.9. The van der Waals surface area contributed by atoms with Crippen LogP contribution in [0.1, 0.15) is 132 Å². The molecule has 3 unspecified atom stereocenters. The summed E-state index contributed by atoms with van der Waals surface area (Å²) in [4.78, 5) is 58.9. The van der Waals surface area contributed by atoms with E-state index in [-0.39, 0.29) is 29.8 Å². The van der Waals surface area contributed by atoms with Crippen LogP contribution in [0.4, 0.5) is 4.79 Å². The fourth-order valence-corrected chi connectivity index (χ4v) is 9.97. The summed E-state index contributed by atoms with van der Waals surface area (Å²) in [5.41, 5.74) is 9.41. The maximum Gasteiger partial charge on any atom is 0.407 e. The second kappa shape index (κ2) is 16.5. The van der Waals surface area contributed by atoms with Crippen LogP contribution in [0.3, 0.4) is 0 Å². The van der Waals surface area contributed by atoms with Gasteiger partial charge in [0.1, 0.15) is 23.4 Å². The van der Waals surface area contributed by atoms with Crippen molar-refractivity contribution in [2.24, 2.45) is 17.3 Å². The fraction of sp³-hybridized carbons (Fsp3) is 0.511. The monoisotopic (exact) mass is 783 g/mol. The fourth-order valence-electron chi connectivity index (χ4n) is 9.97. The number of rotatable bonds is 9. The minimum atomic E-state index is -0.681. The molecule has 304 valence electrons. The molecule has 1 saturated carbocycles. The number of ether oxygens (including phenoxy) is 1. The Hall–Kier alpha value is -5.37. The number of amides is 3. The normalized spacial score (nSPS) is 20.1. The molecular formula is C47H57N7O4. The number of nitrogens with one attached hydrogen (secondary N) is 3. The summed E-state index contributed by atoms with van der Waals surface area (Å²) in [6.45, 7) is 9.41. The topological polar surface area (TPSA) is 136 Å². The van der Waals surface area contributed by atoms with E-state index in [2.05, 4.69) is 77.4 Å². The molecule has 0 radical (unpaired) electrons. The van der Waals surface area contributed by atoms with E-state index in [1.54, 1.807) is 6.20 Å². The number of hydrogen-bond acceptors (Lipinski definition) is 6. The van der Waals surface area contributed by atoms with Gasteiger partial charge in [-0.1, -0.05) is 76.8 Å². The van der Waals surface area contributed by atoms with Crippen molar-refractivity contribution in [1.82, 2.24) is 35.1 Å². The molecule has 8 rings (SSSR count). The predicted molar refractivity (Wildman–Crippen MR) is 223 cm³/mol. The number of alkyl carbamates (subject to hydrolysis) is 1. The second-order valence-electron chi connectivity index (χ2n) is 17.8. The number of methoxy groups -OCH3 is 1. The average molecular weight is 784 g/mol. The van der Waals surface area contributed by atoms with Gasteiger partial charge in [0.25, 0.3) is 0 Å². The Morgan fingerprint density at radius 2 is 1.48 bits per heavy atom. The van der Waals surface area contributed by atoms with Crippen LogP contribution in [0.15, 0.2) is 48.8 Å². The van der Waals surface area contributed by atoms with Gasteiger partial charge in [-0.2, -0.15) is 0 Å². The van der Waals surface area contributed by atoms with E-state index < -0.39 is 12.1 Å². The van der Waals surface area contributed by atoms with Gasteiger partial charge in [0.15, 0.2) is 0 Å². The first-order chi connectivity index (χ1) is 28.0. The molecule has 1 spiro atoms. The smallest absolute Gasteiger partial charge is 0.407 e. The lowest BCUT2D eigenvalue weighted by Gasteiger charge is -2.29. The van der Waals surface area contributed by atoms with Crippen LogP contribution in [0, 0.1) is 29.1 Å². The van der Waals surface area contributed by atoms with Crippen molar-refractivity contribution in [3.63, 3.8) is 0 Å². The van der Waals surface area contributed by atoms with Crippen molar-refractivity contribution in [2.75, 3.05) is 20.2 Å². The minimum Gasteiger partial charge on any atom is -0.453 e. The van der Waals surface area contributed by atoms with E-state index in [9.17, 15) is 14.4 Å². The molecule has 2 saturated heterocycles. The number of likely N-dealkylation sites (tertiary alicyclic amines) is 2. The van der Waals surface area contributed by atoms with Crippen molar-refractivity contribution >= 4 is 17.9 Å². The Morgan fingerprint density at radius 1 is 0.828 bits per heavy atom. The van der Waals surface area contributed by atoms with Crippen LogP contribution in [-0.4, -0.2) is 73.9 Å². The van der Waals surface area contributed by atoms with Gasteiger partial charge in [0.2, 0.25) is 11.8 Å². The van der Waals surface area contributed by atoms with E-state index in [1.165, 1.54) is 55.0 Å². The van der Waals surface area contributed by atoms with E-state index in [1.807, 2.05) is 29.8 Å². The third-order valence-corrected chi connectivity index (χ3v) is 12.9. The van der Waals surface area contributed by atoms with Crippen LogP contribution < -0.4 is 5.32 Å². The van der Waals surface area contributed by atoms with Crippen molar-refractivity contribution < 1.29 is 19.1 Å². The highest BCUT2D eigenvalue weighted by Gasteiger charge is 2.42. The van der Waals surface area contributed by atoms with Crippen LogP contribution in [0.25, 0.3) is 22.4 Å². The Morgan fingerprint density at radius 3 is 2.19 bits per heavy atom. The zero-order valence-electron chi connectivity index (χ0n) is 34.6. The number of nitrogens with zero attached hydrogens (tertiary/aromatic N) is 4. The Balaban J connectivity index is 1.01.